The van der Waals surface area contributed by atoms with Gasteiger partial charge in [0, 0.05) is 30.3 Å². The molecule has 0 unspecified atom stereocenters. The Balaban J connectivity index is 1.25. The molecule has 3 heterocycles. The molecule has 1 amide bonds. The largest absolute Gasteiger partial charge is 0.369 e. The Morgan fingerprint density at radius 3 is 2.90 bits per heavy atom. The first-order valence-electron chi connectivity index (χ1n) is 10.0. The number of benzene rings is 2. The van der Waals surface area contributed by atoms with Gasteiger partial charge < -0.3 is 10.6 Å². The lowest BCUT2D eigenvalue weighted by Gasteiger charge is -2.28. The van der Waals surface area contributed by atoms with Gasteiger partial charge in [0.05, 0.1) is 11.9 Å². The average molecular weight is 388 g/mol. The Morgan fingerprint density at radius 1 is 1.17 bits per heavy atom. The number of carbonyl (C=O) groups is 1. The fourth-order valence-electron chi connectivity index (χ4n) is 4.56. The van der Waals surface area contributed by atoms with Crippen LogP contribution in [0.25, 0.3) is 0 Å². The summed E-state index contributed by atoms with van der Waals surface area (Å²) < 4.78 is 1.62. The van der Waals surface area contributed by atoms with E-state index in [1.165, 1.54) is 11.3 Å². The molecule has 2 aromatic carbocycles. The van der Waals surface area contributed by atoms with Gasteiger partial charge in [-0.05, 0) is 30.2 Å². The third-order valence-electron chi connectivity index (χ3n) is 5.96. The van der Waals surface area contributed by atoms with Crippen LogP contribution in [0.2, 0.25) is 0 Å². The van der Waals surface area contributed by atoms with Crippen molar-refractivity contribution in [3.05, 3.63) is 77.6 Å². The van der Waals surface area contributed by atoms with Gasteiger partial charge in [0.15, 0.2) is 0 Å². The molecule has 148 valence electrons. The number of nitrogens with one attached hydrogen (secondary N) is 3. The van der Waals surface area contributed by atoms with Crippen LogP contribution in [-0.4, -0.2) is 33.6 Å². The van der Waals surface area contributed by atoms with Crippen LogP contribution >= 0.6 is 0 Å². The molecule has 3 N–H and O–H groups in total. The summed E-state index contributed by atoms with van der Waals surface area (Å²) in [5.74, 6) is -0.0724. The van der Waals surface area contributed by atoms with Gasteiger partial charge in [-0.1, -0.05) is 53.7 Å². The lowest BCUT2D eigenvalue weighted by molar-refractivity contribution is -0.122. The summed E-state index contributed by atoms with van der Waals surface area (Å²) in [4.78, 5) is 12.3. The fraction of sp³-hybridized carbons (Fsp3) is 0.318. The number of aromatic nitrogens is 3. The highest BCUT2D eigenvalue weighted by atomic mass is 16.2. The monoisotopic (exact) mass is 388 g/mol. The smallest absolute Gasteiger partial charge is 0.242 e. The van der Waals surface area contributed by atoms with E-state index in [1.807, 2.05) is 36.5 Å². The topological polar surface area (TPSA) is 83.9 Å². The molecule has 7 heteroatoms. The minimum Gasteiger partial charge on any atom is -0.369 e. The van der Waals surface area contributed by atoms with Crippen molar-refractivity contribution in [1.82, 2.24) is 25.6 Å². The van der Waals surface area contributed by atoms with Crippen molar-refractivity contribution >= 4 is 11.6 Å². The van der Waals surface area contributed by atoms with E-state index in [2.05, 4.69) is 50.5 Å². The third kappa shape index (κ3) is 3.38. The molecule has 2 aliphatic heterocycles. The predicted molar refractivity (Wildman–Crippen MR) is 110 cm³/mol. The lowest BCUT2D eigenvalue weighted by atomic mass is 9.76. The number of hydrogen-bond donors (Lipinski definition) is 3. The molecular formula is C22H24N6O. The number of para-hydroxylation sites is 1. The Morgan fingerprint density at radius 2 is 2.00 bits per heavy atom. The maximum Gasteiger partial charge on any atom is 0.242 e. The molecule has 1 aromatic heterocycles. The number of nitrogens with zero attached hydrogens (tertiary/aromatic N) is 3. The van der Waals surface area contributed by atoms with Crippen LogP contribution in [-0.2, 0) is 29.7 Å². The molecule has 3 aromatic rings. The number of amides is 1. The quantitative estimate of drug-likeness (QED) is 0.600. The highest BCUT2D eigenvalue weighted by molar-refractivity contribution is 5.75. The summed E-state index contributed by atoms with van der Waals surface area (Å²) in [6.07, 6.45) is 3.94. The predicted octanol–water partition coefficient (Wildman–Crippen LogP) is 1.82. The van der Waals surface area contributed by atoms with Gasteiger partial charge >= 0.3 is 0 Å². The second-order valence-electron chi connectivity index (χ2n) is 7.83. The number of rotatable bonds is 6. The molecule has 0 bridgehead atoms. The maximum atomic E-state index is 12.3. The van der Waals surface area contributed by atoms with Crippen LogP contribution in [0.15, 0.2) is 60.8 Å². The molecule has 2 aliphatic rings. The number of hydrogen-bond acceptors (Lipinski definition) is 5. The van der Waals surface area contributed by atoms with Crippen LogP contribution < -0.4 is 16.0 Å². The molecule has 0 aliphatic carbocycles. The van der Waals surface area contributed by atoms with Crippen LogP contribution in [0.5, 0.6) is 0 Å². The summed E-state index contributed by atoms with van der Waals surface area (Å²) in [7, 11) is 0. The zero-order valence-corrected chi connectivity index (χ0v) is 16.1. The average Bonchev–Trinajstić information content (AvgIpc) is 3.42. The SMILES string of the molecule is O=C(Cn1cc(C[C@@]23CCN[C@@H]2Nc2ccccc23)nn1)NCc1ccccc1. The van der Waals surface area contributed by atoms with Gasteiger partial charge in [0.2, 0.25) is 5.91 Å². The van der Waals surface area contributed by atoms with E-state index in [4.69, 9.17) is 0 Å². The van der Waals surface area contributed by atoms with Crippen LogP contribution in [0, 0.1) is 0 Å². The van der Waals surface area contributed by atoms with Crippen molar-refractivity contribution in [1.29, 1.82) is 0 Å². The van der Waals surface area contributed by atoms with E-state index < -0.39 is 0 Å². The summed E-state index contributed by atoms with van der Waals surface area (Å²) in [6.45, 7) is 1.66. The Labute approximate surface area is 169 Å². The second kappa shape index (κ2) is 7.33. The number of fused-ring (bicyclic) bond motifs is 3. The van der Waals surface area contributed by atoms with Crippen LogP contribution in [0.3, 0.4) is 0 Å². The minimum absolute atomic E-state index is 0.0208. The van der Waals surface area contributed by atoms with Gasteiger partial charge in [0.1, 0.15) is 6.54 Å². The molecule has 7 nitrogen and oxygen atoms in total. The zero-order valence-electron chi connectivity index (χ0n) is 16.1. The normalized spacial score (nSPS) is 22.0. The maximum absolute atomic E-state index is 12.3. The van der Waals surface area contributed by atoms with Gasteiger partial charge in [-0.15, -0.1) is 5.10 Å². The Bertz CT molecular complexity index is 1020. The van der Waals surface area contributed by atoms with Gasteiger partial charge in [-0.25, -0.2) is 4.68 Å². The highest BCUT2D eigenvalue weighted by Gasteiger charge is 2.50. The Hall–Kier alpha value is -3.19. The first kappa shape index (κ1) is 17.9. The third-order valence-corrected chi connectivity index (χ3v) is 5.96. The fourth-order valence-corrected chi connectivity index (χ4v) is 4.56. The number of anilines is 1. The molecule has 0 spiro atoms. The molecule has 0 radical (unpaired) electrons. The van der Waals surface area contributed by atoms with Crippen LogP contribution in [0.4, 0.5) is 5.69 Å². The van der Waals surface area contributed by atoms with E-state index in [1.54, 1.807) is 4.68 Å². The molecule has 5 rings (SSSR count). The van der Waals surface area contributed by atoms with E-state index in [9.17, 15) is 4.79 Å². The first-order valence-corrected chi connectivity index (χ1v) is 10.0. The van der Waals surface area contributed by atoms with Crippen molar-refractivity contribution < 1.29 is 4.79 Å². The van der Waals surface area contributed by atoms with Gasteiger partial charge in [-0.2, -0.15) is 0 Å². The van der Waals surface area contributed by atoms with Crippen molar-refractivity contribution in [2.75, 3.05) is 11.9 Å². The zero-order chi connectivity index (χ0) is 19.7. The summed E-state index contributed by atoms with van der Waals surface area (Å²) in [5, 5.41) is 18.6. The lowest BCUT2D eigenvalue weighted by Crippen LogP contribution is -2.42. The first-order chi connectivity index (χ1) is 14.2. The molecule has 0 saturated carbocycles. The standard InChI is InChI=1S/C22H24N6O/c29-20(24-13-16-6-2-1-3-7-16)15-28-14-17(26-27-28)12-22-10-11-23-21(22)25-19-9-5-4-8-18(19)22/h1-9,14,21,23,25H,10-13,15H2,(H,24,29)/t21-,22-/m1/s1. The summed E-state index contributed by atoms with van der Waals surface area (Å²) >= 11 is 0. The van der Waals surface area contributed by atoms with Crippen molar-refractivity contribution in [3.63, 3.8) is 0 Å². The van der Waals surface area contributed by atoms with Gasteiger partial charge in [-0.3, -0.25) is 10.1 Å². The number of carbonyl (C=O) groups excluding carboxylic acids is 1. The highest BCUT2D eigenvalue weighted by Crippen LogP contribution is 2.46. The van der Waals surface area contributed by atoms with E-state index in [0.29, 0.717) is 6.54 Å². The summed E-state index contributed by atoms with van der Waals surface area (Å²) in [5.41, 5.74) is 4.49. The molecular weight excluding hydrogens is 364 g/mol. The van der Waals surface area contributed by atoms with Crippen molar-refractivity contribution in [2.24, 2.45) is 0 Å². The van der Waals surface area contributed by atoms with Crippen molar-refractivity contribution in [3.8, 4) is 0 Å². The minimum atomic E-state index is -0.0724. The summed E-state index contributed by atoms with van der Waals surface area (Å²) in [6, 6.07) is 18.4. The van der Waals surface area contributed by atoms with E-state index in [-0.39, 0.29) is 24.0 Å². The Kier molecular flexibility index (Phi) is 4.52. The van der Waals surface area contributed by atoms with E-state index >= 15 is 0 Å². The van der Waals surface area contributed by atoms with E-state index in [0.717, 1.165) is 30.6 Å². The molecule has 1 saturated heterocycles. The van der Waals surface area contributed by atoms with Crippen molar-refractivity contribution in [2.45, 2.75) is 37.5 Å². The van der Waals surface area contributed by atoms with Crippen LogP contribution in [0.1, 0.15) is 23.2 Å². The molecule has 29 heavy (non-hydrogen) atoms. The molecule has 2 atom stereocenters. The second-order valence-corrected chi connectivity index (χ2v) is 7.83. The van der Waals surface area contributed by atoms with Gasteiger partial charge in [0.25, 0.3) is 0 Å². The molecule has 1 fully saturated rings.